The molecule has 0 aromatic heterocycles. The van der Waals surface area contributed by atoms with Gasteiger partial charge in [-0.05, 0) is 75.6 Å². The molecule has 1 unspecified atom stereocenters. The van der Waals surface area contributed by atoms with Gasteiger partial charge in [0.15, 0.2) is 0 Å². The first-order valence-electron chi connectivity index (χ1n) is 10.0. The smallest absolute Gasteiger partial charge is 0.119 e. The van der Waals surface area contributed by atoms with Crippen molar-refractivity contribution in [3.8, 4) is 11.5 Å². The number of likely N-dealkylation sites (N-methyl/N-ethyl adjacent to an activating group) is 2. The Bertz CT molecular complexity index is 761. The molecule has 1 atom stereocenters. The molecule has 1 aliphatic heterocycles. The average molecular weight is 384 g/mol. The Kier molecular flexibility index (Phi) is 7.31. The summed E-state index contributed by atoms with van der Waals surface area (Å²) < 4.78 is 11.8. The molecule has 5 heteroatoms. The molecule has 1 aliphatic rings. The molecule has 0 fully saturated rings. The molecule has 0 radical (unpaired) electrons. The zero-order valence-corrected chi connectivity index (χ0v) is 17.6. The van der Waals surface area contributed by atoms with E-state index in [1.54, 1.807) is 0 Å². The summed E-state index contributed by atoms with van der Waals surface area (Å²) in [6.07, 6.45) is 1.02. The Morgan fingerprint density at radius 3 is 2.25 bits per heavy atom. The second kappa shape index (κ2) is 9.92. The van der Waals surface area contributed by atoms with Crippen molar-refractivity contribution in [2.75, 3.05) is 61.0 Å². The molecule has 0 saturated heterocycles. The van der Waals surface area contributed by atoms with E-state index in [9.17, 15) is 0 Å². The Morgan fingerprint density at radius 1 is 0.893 bits per heavy atom. The van der Waals surface area contributed by atoms with Gasteiger partial charge >= 0.3 is 0 Å². The predicted molar refractivity (Wildman–Crippen MR) is 115 cm³/mol. The van der Waals surface area contributed by atoms with Gasteiger partial charge in [-0.25, -0.2) is 0 Å². The van der Waals surface area contributed by atoms with Crippen LogP contribution in [-0.2, 0) is 6.42 Å². The SMILES string of the molecule is CN(C)CCOc1cccc(C2NCCc3cc(OCCN(C)C)ccc32)c1. The number of rotatable bonds is 9. The van der Waals surface area contributed by atoms with Gasteiger partial charge in [0.05, 0.1) is 6.04 Å². The molecule has 152 valence electrons. The van der Waals surface area contributed by atoms with Crippen molar-refractivity contribution in [2.24, 2.45) is 0 Å². The summed E-state index contributed by atoms with van der Waals surface area (Å²) in [5.41, 5.74) is 3.94. The molecule has 28 heavy (non-hydrogen) atoms. The fourth-order valence-corrected chi connectivity index (χ4v) is 3.40. The summed E-state index contributed by atoms with van der Waals surface area (Å²) in [6.45, 7) is 4.19. The van der Waals surface area contributed by atoms with E-state index in [4.69, 9.17) is 9.47 Å². The van der Waals surface area contributed by atoms with Crippen molar-refractivity contribution >= 4 is 0 Å². The summed E-state index contributed by atoms with van der Waals surface area (Å²) in [6, 6.07) is 15.1. The minimum atomic E-state index is 0.192. The van der Waals surface area contributed by atoms with Gasteiger partial charge in [0.2, 0.25) is 0 Å². The highest BCUT2D eigenvalue weighted by Gasteiger charge is 2.22. The molecule has 1 heterocycles. The van der Waals surface area contributed by atoms with Crippen LogP contribution >= 0.6 is 0 Å². The lowest BCUT2D eigenvalue weighted by molar-refractivity contribution is 0.260. The largest absolute Gasteiger partial charge is 0.492 e. The van der Waals surface area contributed by atoms with Gasteiger partial charge in [0.25, 0.3) is 0 Å². The lowest BCUT2D eigenvalue weighted by atomic mass is 9.89. The normalized spacial score (nSPS) is 16.3. The third kappa shape index (κ3) is 5.71. The summed E-state index contributed by atoms with van der Waals surface area (Å²) in [5.74, 6) is 1.89. The van der Waals surface area contributed by atoms with Gasteiger partial charge in [-0.3, -0.25) is 0 Å². The third-order valence-corrected chi connectivity index (χ3v) is 4.97. The minimum absolute atomic E-state index is 0.192. The number of nitrogens with one attached hydrogen (secondary N) is 1. The highest BCUT2D eigenvalue weighted by molar-refractivity contribution is 5.45. The van der Waals surface area contributed by atoms with Gasteiger partial charge in [0, 0.05) is 19.6 Å². The second-order valence-electron chi connectivity index (χ2n) is 7.87. The van der Waals surface area contributed by atoms with Crippen LogP contribution in [0.5, 0.6) is 11.5 Å². The molecule has 0 bridgehead atoms. The molecule has 0 amide bonds. The highest BCUT2D eigenvalue weighted by Crippen LogP contribution is 2.32. The van der Waals surface area contributed by atoms with Crippen molar-refractivity contribution in [1.29, 1.82) is 0 Å². The lowest BCUT2D eigenvalue weighted by Crippen LogP contribution is -2.30. The molecule has 1 N–H and O–H groups in total. The number of ether oxygens (including phenoxy) is 2. The molecule has 5 nitrogen and oxygen atoms in total. The lowest BCUT2D eigenvalue weighted by Gasteiger charge is -2.28. The van der Waals surface area contributed by atoms with E-state index >= 15 is 0 Å². The summed E-state index contributed by atoms with van der Waals surface area (Å²) >= 11 is 0. The topological polar surface area (TPSA) is 37.0 Å². The predicted octanol–water partition coefficient (Wildman–Crippen LogP) is 2.80. The zero-order valence-electron chi connectivity index (χ0n) is 17.6. The van der Waals surface area contributed by atoms with Crippen LogP contribution < -0.4 is 14.8 Å². The van der Waals surface area contributed by atoms with Gasteiger partial charge in [-0.1, -0.05) is 18.2 Å². The van der Waals surface area contributed by atoms with Crippen molar-refractivity contribution in [1.82, 2.24) is 15.1 Å². The number of hydrogen-bond acceptors (Lipinski definition) is 5. The van der Waals surface area contributed by atoms with E-state index in [0.717, 1.165) is 37.6 Å². The van der Waals surface area contributed by atoms with Crippen LogP contribution in [-0.4, -0.2) is 70.8 Å². The Morgan fingerprint density at radius 2 is 1.57 bits per heavy atom. The molecule has 2 aromatic rings. The van der Waals surface area contributed by atoms with Crippen molar-refractivity contribution in [2.45, 2.75) is 12.5 Å². The zero-order chi connectivity index (χ0) is 19.9. The monoisotopic (exact) mass is 383 g/mol. The third-order valence-electron chi connectivity index (χ3n) is 4.97. The van der Waals surface area contributed by atoms with Crippen LogP contribution in [0.15, 0.2) is 42.5 Å². The Labute approximate surface area is 169 Å². The molecule has 0 spiro atoms. The van der Waals surface area contributed by atoms with E-state index in [1.807, 2.05) is 6.07 Å². The van der Waals surface area contributed by atoms with E-state index in [2.05, 4.69) is 79.7 Å². The summed E-state index contributed by atoms with van der Waals surface area (Å²) in [4.78, 5) is 4.26. The number of nitrogens with zero attached hydrogens (tertiary/aromatic N) is 2. The Hall–Kier alpha value is -2.08. The van der Waals surface area contributed by atoms with Crippen LogP contribution in [0.3, 0.4) is 0 Å². The summed E-state index contributed by atoms with van der Waals surface area (Å²) in [7, 11) is 8.23. The van der Waals surface area contributed by atoms with E-state index in [0.29, 0.717) is 13.2 Å². The van der Waals surface area contributed by atoms with Gasteiger partial charge in [-0.2, -0.15) is 0 Å². The van der Waals surface area contributed by atoms with Gasteiger partial charge in [-0.15, -0.1) is 0 Å². The maximum Gasteiger partial charge on any atom is 0.119 e. The van der Waals surface area contributed by atoms with Crippen LogP contribution in [0.2, 0.25) is 0 Å². The first-order valence-corrected chi connectivity index (χ1v) is 10.0. The number of hydrogen-bond donors (Lipinski definition) is 1. The average Bonchev–Trinajstić information content (AvgIpc) is 2.67. The van der Waals surface area contributed by atoms with Crippen molar-refractivity contribution < 1.29 is 9.47 Å². The minimum Gasteiger partial charge on any atom is -0.492 e. The maximum atomic E-state index is 5.93. The fraction of sp³-hybridized carbons (Fsp3) is 0.478. The molecular weight excluding hydrogens is 350 g/mol. The first kappa shape index (κ1) is 20.6. The highest BCUT2D eigenvalue weighted by atomic mass is 16.5. The maximum absolute atomic E-state index is 5.93. The van der Waals surface area contributed by atoms with Crippen molar-refractivity contribution in [3.63, 3.8) is 0 Å². The van der Waals surface area contributed by atoms with E-state index in [1.165, 1.54) is 16.7 Å². The van der Waals surface area contributed by atoms with Crippen LogP contribution in [0, 0.1) is 0 Å². The fourth-order valence-electron chi connectivity index (χ4n) is 3.40. The Balaban J connectivity index is 1.71. The number of fused-ring (bicyclic) bond motifs is 1. The van der Waals surface area contributed by atoms with Crippen LogP contribution in [0.4, 0.5) is 0 Å². The molecular formula is C23H33N3O2. The van der Waals surface area contributed by atoms with Gasteiger partial charge < -0.3 is 24.6 Å². The number of benzene rings is 2. The van der Waals surface area contributed by atoms with Crippen molar-refractivity contribution in [3.05, 3.63) is 59.2 Å². The van der Waals surface area contributed by atoms with E-state index < -0.39 is 0 Å². The molecule has 3 rings (SSSR count). The van der Waals surface area contributed by atoms with Crippen LogP contribution in [0.25, 0.3) is 0 Å². The first-order chi connectivity index (χ1) is 13.5. The molecule has 0 aliphatic carbocycles. The quantitative estimate of drug-likeness (QED) is 0.721. The second-order valence-corrected chi connectivity index (χ2v) is 7.87. The standard InChI is InChI=1S/C23H33N3O2/c1-25(2)12-14-27-20-7-5-6-19(17-20)23-22-9-8-21(28-15-13-26(3)4)16-18(22)10-11-24-23/h5-9,16-17,23-24H,10-15H2,1-4H3. The molecule has 2 aromatic carbocycles. The summed E-state index contributed by atoms with van der Waals surface area (Å²) in [5, 5.41) is 3.66. The van der Waals surface area contributed by atoms with E-state index in [-0.39, 0.29) is 6.04 Å². The van der Waals surface area contributed by atoms with Gasteiger partial charge in [0.1, 0.15) is 24.7 Å². The van der Waals surface area contributed by atoms with Crippen LogP contribution in [0.1, 0.15) is 22.7 Å². The molecule has 0 saturated carbocycles.